The van der Waals surface area contributed by atoms with Crippen molar-refractivity contribution in [2.24, 2.45) is 5.92 Å². The predicted octanol–water partition coefficient (Wildman–Crippen LogP) is -4.73. The highest BCUT2D eigenvalue weighted by Crippen LogP contribution is 2.33. The lowest BCUT2D eigenvalue weighted by atomic mass is 9.81. The summed E-state index contributed by atoms with van der Waals surface area (Å²) in [6.45, 7) is -1.14. The van der Waals surface area contributed by atoms with E-state index < -0.39 is 74.3 Å². The van der Waals surface area contributed by atoms with E-state index in [1.165, 1.54) is 0 Å². The maximum Gasteiger partial charge on any atom is 0.183 e. The van der Waals surface area contributed by atoms with Gasteiger partial charge in [-0.1, -0.05) is 0 Å². The van der Waals surface area contributed by atoms with Crippen molar-refractivity contribution < 1.29 is 50.3 Å². The molecule has 10 atom stereocenters. The highest BCUT2D eigenvalue weighted by atomic mass is 16.6. The van der Waals surface area contributed by atoms with E-state index in [1.54, 1.807) is 0 Å². The molecule has 2 saturated heterocycles. The number of rotatable bonds is 4. The van der Waals surface area contributed by atoms with E-state index in [0.29, 0.717) is 0 Å². The normalized spacial score (nSPS) is 51.7. The van der Waals surface area contributed by atoms with Gasteiger partial charge in [0, 0.05) is 5.92 Å². The summed E-state index contributed by atoms with van der Waals surface area (Å²) >= 11 is 0. The van der Waals surface area contributed by atoms with Gasteiger partial charge in [-0.15, -0.1) is 0 Å². The third-order valence-corrected chi connectivity index (χ3v) is 4.55. The molecule has 0 amide bonds. The van der Waals surface area contributed by atoms with Crippen molar-refractivity contribution in [3.8, 4) is 0 Å². The fourth-order valence-corrected chi connectivity index (χ4v) is 3.11. The number of ether oxygens (including phenoxy) is 2. The van der Waals surface area contributed by atoms with Gasteiger partial charge in [-0.05, 0) is 6.42 Å². The molecule has 2 rings (SSSR count). The minimum Gasteiger partial charge on any atom is -0.394 e. The van der Waals surface area contributed by atoms with E-state index in [9.17, 15) is 35.7 Å². The molecular formula is C13H24O10. The second-order valence-electron chi connectivity index (χ2n) is 6.00. The van der Waals surface area contributed by atoms with Crippen LogP contribution in [0, 0.1) is 5.92 Å². The summed E-state index contributed by atoms with van der Waals surface area (Å²) in [6, 6.07) is 0. The van der Waals surface area contributed by atoms with Crippen LogP contribution < -0.4 is 0 Å². The van der Waals surface area contributed by atoms with Crippen molar-refractivity contribution in [2.45, 2.75) is 61.5 Å². The topological polar surface area (TPSA) is 180 Å². The Labute approximate surface area is 132 Å². The highest BCUT2D eigenvalue weighted by Gasteiger charge is 2.49. The zero-order chi connectivity index (χ0) is 17.3. The first kappa shape index (κ1) is 18.9. The van der Waals surface area contributed by atoms with E-state index in [2.05, 4.69) is 0 Å². The standard InChI is InChI=1S/C13H24O10/c14-2-6-4(8(16)12(20)13(21)23-6)1-5-9(17)11(19)10(18)7(3-15)22-5/h4-21H,1-3H2/t4-,5-,6?,7?,8-,9?,10-,11+,12?,13+/m1/s1. The lowest BCUT2D eigenvalue weighted by Crippen LogP contribution is -2.61. The third-order valence-electron chi connectivity index (χ3n) is 4.55. The zero-order valence-electron chi connectivity index (χ0n) is 12.3. The van der Waals surface area contributed by atoms with Gasteiger partial charge in [-0.25, -0.2) is 0 Å². The average molecular weight is 340 g/mol. The summed E-state index contributed by atoms with van der Waals surface area (Å²) in [5, 5.41) is 77.1. The van der Waals surface area contributed by atoms with Crippen LogP contribution in [0.2, 0.25) is 0 Å². The van der Waals surface area contributed by atoms with E-state index in [4.69, 9.17) is 14.6 Å². The molecule has 2 heterocycles. The van der Waals surface area contributed by atoms with Crippen LogP contribution in [0.3, 0.4) is 0 Å². The maximum absolute atomic E-state index is 10.1. The number of aliphatic hydroxyl groups excluding tert-OH is 8. The van der Waals surface area contributed by atoms with E-state index in [-0.39, 0.29) is 6.42 Å². The number of aliphatic hydroxyl groups is 8. The molecule has 0 bridgehead atoms. The molecule has 4 unspecified atom stereocenters. The van der Waals surface area contributed by atoms with Gasteiger partial charge in [0.15, 0.2) is 6.29 Å². The summed E-state index contributed by atoms with van der Waals surface area (Å²) < 4.78 is 10.3. The summed E-state index contributed by atoms with van der Waals surface area (Å²) in [6.07, 6.45) is -12.6. The van der Waals surface area contributed by atoms with Crippen LogP contribution in [0.4, 0.5) is 0 Å². The molecular weight excluding hydrogens is 316 g/mol. The quantitative estimate of drug-likeness (QED) is 0.247. The Morgan fingerprint density at radius 3 is 1.70 bits per heavy atom. The fourth-order valence-electron chi connectivity index (χ4n) is 3.11. The molecule has 23 heavy (non-hydrogen) atoms. The molecule has 8 N–H and O–H groups in total. The van der Waals surface area contributed by atoms with Crippen LogP contribution >= 0.6 is 0 Å². The van der Waals surface area contributed by atoms with Crippen molar-refractivity contribution in [2.75, 3.05) is 13.2 Å². The zero-order valence-corrected chi connectivity index (χ0v) is 12.3. The second kappa shape index (κ2) is 7.66. The molecule has 10 nitrogen and oxygen atoms in total. The molecule has 0 radical (unpaired) electrons. The van der Waals surface area contributed by atoms with Crippen LogP contribution in [0.1, 0.15) is 6.42 Å². The van der Waals surface area contributed by atoms with Gasteiger partial charge in [0.1, 0.15) is 30.5 Å². The average Bonchev–Trinajstić information content (AvgIpc) is 2.55. The smallest absolute Gasteiger partial charge is 0.183 e. The molecule has 136 valence electrons. The van der Waals surface area contributed by atoms with Crippen LogP contribution in [0.5, 0.6) is 0 Å². The Bertz CT molecular complexity index is 378. The van der Waals surface area contributed by atoms with Crippen molar-refractivity contribution in [3.63, 3.8) is 0 Å². The van der Waals surface area contributed by atoms with Crippen LogP contribution in [0.25, 0.3) is 0 Å². The van der Waals surface area contributed by atoms with Gasteiger partial charge < -0.3 is 50.3 Å². The predicted molar refractivity (Wildman–Crippen MR) is 71.9 cm³/mol. The molecule has 0 spiro atoms. The lowest BCUT2D eigenvalue weighted by molar-refractivity contribution is -0.286. The van der Waals surface area contributed by atoms with E-state index >= 15 is 0 Å². The maximum atomic E-state index is 10.1. The van der Waals surface area contributed by atoms with E-state index in [1.807, 2.05) is 0 Å². The van der Waals surface area contributed by atoms with Crippen LogP contribution in [-0.2, 0) is 9.47 Å². The SMILES string of the molecule is OCC1O[C@H](C[C@@H]2C(CO)O[C@H](O)C(O)[C@@H]2O)C(O)[C@H](O)[C@@H]1O. The summed E-state index contributed by atoms with van der Waals surface area (Å²) in [4.78, 5) is 0. The molecule has 0 aromatic carbocycles. The summed E-state index contributed by atoms with van der Waals surface area (Å²) in [5.74, 6) is -0.903. The second-order valence-corrected chi connectivity index (χ2v) is 6.00. The summed E-state index contributed by atoms with van der Waals surface area (Å²) in [7, 11) is 0. The Morgan fingerprint density at radius 1 is 0.565 bits per heavy atom. The minimum absolute atomic E-state index is 0.141. The first-order valence-corrected chi connectivity index (χ1v) is 7.42. The molecule has 0 saturated carbocycles. The first-order chi connectivity index (χ1) is 10.8. The van der Waals surface area contributed by atoms with Crippen LogP contribution in [0.15, 0.2) is 0 Å². The molecule has 2 aliphatic rings. The van der Waals surface area contributed by atoms with Gasteiger partial charge in [0.2, 0.25) is 0 Å². The largest absolute Gasteiger partial charge is 0.394 e. The molecule has 0 aromatic heterocycles. The molecule has 2 fully saturated rings. The molecule has 2 aliphatic heterocycles. The molecule has 0 aliphatic carbocycles. The Balaban J connectivity index is 2.11. The van der Waals surface area contributed by atoms with Crippen molar-refractivity contribution in [3.05, 3.63) is 0 Å². The number of hydrogen-bond acceptors (Lipinski definition) is 10. The van der Waals surface area contributed by atoms with Crippen LogP contribution in [-0.4, -0.2) is 109 Å². The molecule has 10 heteroatoms. The van der Waals surface area contributed by atoms with Crippen molar-refractivity contribution in [1.29, 1.82) is 0 Å². The first-order valence-electron chi connectivity index (χ1n) is 7.42. The van der Waals surface area contributed by atoms with Gasteiger partial charge in [-0.2, -0.15) is 0 Å². The van der Waals surface area contributed by atoms with E-state index in [0.717, 1.165) is 0 Å². The Morgan fingerprint density at radius 2 is 1.13 bits per heavy atom. The van der Waals surface area contributed by atoms with Gasteiger partial charge >= 0.3 is 0 Å². The third kappa shape index (κ3) is 3.66. The van der Waals surface area contributed by atoms with Gasteiger partial charge in [0.25, 0.3) is 0 Å². The van der Waals surface area contributed by atoms with Crippen molar-refractivity contribution in [1.82, 2.24) is 0 Å². The van der Waals surface area contributed by atoms with Crippen molar-refractivity contribution >= 4 is 0 Å². The minimum atomic E-state index is -1.66. The number of hydrogen-bond donors (Lipinski definition) is 8. The summed E-state index contributed by atoms with van der Waals surface area (Å²) in [5.41, 5.74) is 0. The fraction of sp³-hybridized carbons (Fsp3) is 1.00. The Kier molecular flexibility index (Phi) is 6.30. The van der Waals surface area contributed by atoms with Gasteiger partial charge in [0.05, 0.1) is 31.5 Å². The monoisotopic (exact) mass is 340 g/mol. The highest BCUT2D eigenvalue weighted by molar-refractivity contribution is 4.96. The molecule has 0 aromatic rings. The lowest BCUT2D eigenvalue weighted by Gasteiger charge is -2.45. The van der Waals surface area contributed by atoms with Gasteiger partial charge in [-0.3, -0.25) is 0 Å². The Hall–Kier alpha value is -0.400.